The minimum atomic E-state index is -0.885. The molecule has 1 saturated heterocycles. The van der Waals surface area contributed by atoms with Gasteiger partial charge in [-0.05, 0) is 75.0 Å². The molecule has 5 nitrogen and oxygen atoms in total. The van der Waals surface area contributed by atoms with E-state index < -0.39 is 11.0 Å². The van der Waals surface area contributed by atoms with Gasteiger partial charge in [0.2, 0.25) is 0 Å². The molecule has 32 heavy (non-hydrogen) atoms. The summed E-state index contributed by atoms with van der Waals surface area (Å²) in [6.45, 7) is 6.45. The van der Waals surface area contributed by atoms with E-state index in [1.807, 2.05) is 53.4 Å². The van der Waals surface area contributed by atoms with Crippen molar-refractivity contribution < 1.29 is 15.0 Å². The van der Waals surface area contributed by atoms with Crippen LogP contribution in [0.2, 0.25) is 0 Å². The number of β-amino-alcohol motifs (C(OH)–C–C–N with tert-alkyl or cyclic N) is 1. The van der Waals surface area contributed by atoms with Gasteiger partial charge in [-0.3, -0.25) is 4.79 Å². The van der Waals surface area contributed by atoms with E-state index in [1.54, 1.807) is 6.07 Å². The molecule has 1 saturated carbocycles. The van der Waals surface area contributed by atoms with Gasteiger partial charge in [-0.1, -0.05) is 44.2 Å². The van der Waals surface area contributed by atoms with E-state index in [-0.39, 0.29) is 17.7 Å². The second-order valence-corrected chi connectivity index (χ2v) is 10.3. The van der Waals surface area contributed by atoms with Crippen molar-refractivity contribution in [2.45, 2.75) is 56.6 Å². The molecule has 0 spiro atoms. The van der Waals surface area contributed by atoms with Gasteiger partial charge in [-0.15, -0.1) is 0 Å². The van der Waals surface area contributed by atoms with Gasteiger partial charge in [0.05, 0.1) is 5.60 Å². The molecule has 5 heteroatoms. The molecule has 0 bridgehead atoms. The summed E-state index contributed by atoms with van der Waals surface area (Å²) in [5.41, 5.74) is 0.315. The summed E-state index contributed by atoms with van der Waals surface area (Å²) in [5, 5.41) is 22.2. The van der Waals surface area contributed by atoms with Crippen LogP contribution >= 0.6 is 0 Å². The number of piperidine rings is 1. The molecule has 2 aliphatic rings. The molecule has 2 fully saturated rings. The monoisotopic (exact) mass is 436 g/mol. The Bertz CT molecular complexity index is 947. The minimum absolute atomic E-state index is 0.0381. The largest absolute Gasteiger partial charge is 0.508 e. The predicted molar refractivity (Wildman–Crippen MR) is 127 cm³/mol. The SMILES string of the molecule is CC(C)CN(C(=O)c1ccccc1)[C@H]1CCC2(O)CN(C)CCC2(c2cccc(O)c2)C1. The number of rotatable bonds is 5. The topological polar surface area (TPSA) is 64.0 Å². The number of nitrogens with zero attached hydrogens (tertiary/aromatic N) is 2. The highest BCUT2D eigenvalue weighted by Crippen LogP contribution is 2.52. The Morgan fingerprint density at radius 2 is 1.91 bits per heavy atom. The van der Waals surface area contributed by atoms with Crippen LogP contribution in [0.3, 0.4) is 0 Å². The average Bonchev–Trinajstić information content (AvgIpc) is 2.77. The van der Waals surface area contributed by atoms with Gasteiger partial charge in [0.15, 0.2) is 0 Å². The van der Waals surface area contributed by atoms with Crippen molar-refractivity contribution in [3.05, 3.63) is 65.7 Å². The van der Waals surface area contributed by atoms with E-state index in [9.17, 15) is 15.0 Å². The first kappa shape index (κ1) is 22.8. The number of aromatic hydroxyl groups is 1. The Balaban J connectivity index is 1.73. The zero-order valence-electron chi connectivity index (χ0n) is 19.5. The molecule has 1 aliphatic heterocycles. The number of phenolic OH excluding ortho intramolecular Hbond substituents is 1. The van der Waals surface area contributed by atoms with Crippen LogP contribution < -0.4 is 0 Å². The number of likely N-dealkylation sites (tertiary alicyclic amines) is 1. The number of aliphatic hydroxyl groups is 1. The lowest BCUT2D eigenvalue weighted by Gasteiger charge is -2.59. The van der Waals surface area contributed by atoms with Crippen LogP contribution in [0.4, 0.5) is 0 Å². The number of fused-ring (bicyclic) bond motifs is 1. The third kappa shape index (κ3) is 4.16. The van der Waals surface area contributed by atoms with Crippen molar-refractivity contribution in [1.82, 2.24) is 9.80 Å². The number of likely N-dealkylation sites (N-methyl/N-ethyl adjacent to an activating group) is 1. The second-order valence-electron chi connectivity index (χ2n) is 10.3. The maximum absolute atomic E-state index is 13.6. The van der Waals surface area contributed by atoms with Gasteiger partial charge in [-0.2, -0.15) is 0 Å². The first-order chi connectivity index (χ1) is 15.2. The number of carbonyl (C=O) groups is 1. The van der Waals surface area contributed by atoms with Crippen LogP contribution in [-0.2, 0) is 5.41 Å². The molecule has 1 heterocycles. The van der Waals surface area contributed by atoms with E-state index in [4.69, 9.17) is 0 Å². The molecule has 2 unspecified atom stereocenters. The van der Waals surface area contributed by atoms with Crippen molar-refractivity contribution in [2.24, 2.45) is 5.92 Å². The lowest BCUT2D eigenvalue weighted by Crippen LogP contribution is -2.67. The molecule has 0 radical (unpaired) electrons. The number of carbonyl (C=O) groups excluding carboxylic acids is 1. The van der Waals surface area contributed by atoms with Crippen LogP contribution in [0, 0.1) is 5.92 Å². The van der Waals surface area contributed by atoms with Crippen molar-refractivity contribution in [2.75, 3.05) is 26.7 Å². The number of benzene rings is 2. The van der Waals surface area contributed by atoms with Gasteiger partial charge >= 0.3 is 0 Å². The Kier molecular flexibility index (Phi) is 6.33. The molecular weight excluding hydrogens is 400 g/mol. The summed E-state index contributed by atoms with van der Waals surface area (Å²) >= 11 is 0. The lowest BCUT2D eigenvalue weighted by atomic mass is 9.55. The molecule has 2 aromatic carbocycles. The molecule has 1 amide bonds. The van der Waals surface area contributed by atoms with E-state index >= 15 is 0 Å². The minimum Gasteiger partial charge on any atom is -0.508 e. The number of hydrogen-bond donors (Lipinski definition) is 2. The summed E-state index contributed by atoms with van der Waals surface area (Å²) in [5.74, 6) is 0.631. The van der Waals surface area contributed by atoms with Crippen molar-refractivity contribution >= 4 is 5.91 Å². The highest BCUT2D eigenvalue weighted by atomic mass is 16.3. The van der Waals surface area contributed by atoms with Gasteiger partial charge in [0, 0.05) is 30.1 Å². The van der Waals surface area contributed by atoms with Crippen LogP contribution in [0.1, 0.15) is 55.5 Å². The molecule has 2 aromatic rings. The molecular formula is C27H36N2O3. The smallest absolute Gasteiger partial charge is 0.254 e. The van der Waals surface area contributed by atoms with Crippen LogP contribution in [-0.4, -0.2) is 64.2 Å². The lowest BCUT2D eigenvalue weighted by molar-refractivity contribution is -0.129. The number of phenols is 1. The molecule has 0 aromatic heterocycles. The predicted octanol–water partition coefficient (Wildman–Crippen LogP) is 4.05. The van der Waals surface area contributed by atoms with Gasteiger partial charge < -0.3 is 20.0 Å². The first-order valence-corrected chi connectivity index (χ1v) is 11.8. The van der Waals surface area contributed by atoms with Crippen LogP contribution in [0.5, 0.6) is 5.75 Å². The van der Waals surface area contributed by atoms with E-state index in [0.29, 0.717) is 37.4 Å². The Labute approximate surface area is 191 Å². The maximum atomic E-state index is 13.6. The summed E-state index contributed by atoms with van der Waals surface area (Å²) in [4.78, 5) is 17.8. The van der Waals surface area contributed by atoms with Gasteiger partial charge in [0.1, 0.15) is 5.75 Å². The summed E-state index contributed by atoms with van der Waals surface area (Å²) in [6.07, 6.45) is 2.91. The van der Waals surface area contributed by atoms with E-state index in [0.717, 1.165) is 24.9 Å². The van der Waals surface area contributed by atoms with Gasteiger partial charge in [0.25, 0.3) is 5.91 Å². The number of amides is 1. The van der Waals surface area contributed by atoms with Gasteiger partial charge in [-0.25, -0.2) is 0 Å². The third-order valence-corrected chi connectivity index (χ3v) is 7.50. The van der Waals surface area contributed by atoms with Crippen molar-refractivity contribution in [3.8, 4) is 5.75 Å². The molecule has 4 rings (SSSR count). The zero-order chi connectivity index (χ0) is 22.9. The fourth-order valence-corrected chi connectivity index (χ4v) is 5.95. The average molecular weight is 437 g/mol. The quantitative estimate of drug-likeness (QED) is 0.742. The Hall–Kier alpha value is -2.37. The maximum Gasteiger partial charge on any atom is 0.254 e. The highest BCUT2D eigenvalue weighted by Gasteiger charge is 2.58. The van der Waals surface area contributed by atoms with Crippen LogP contribution in [0.25, 0.3) is 0 Å². The van der Waals surface area contributed by atoms with Crippen LogP contribution in [0.15, 0.2) is 54.6 Å². The molecule has 2 N–H and O–H groups in total. The fourth-order valence-electron chi connectivity index (χ4n) is 5.95. The molecule has 172 valence electrons. The summed E-state index contributed by atoms with van der Waals surface area (Å²) < 4.78 is 0. The Morgan fingerprint density at radius 1 is 1.16 bits per heavy atom. The zero-order valence-corrected chi connectivity index (χ0v) is 19.5. The van der Waals surface area contributed by atoms with Crippen molar-refractivity contribution in [3.63, 3.8) is 0 Å². The Morgan fingerprint density at radius 3 is 2.59 bits per heavy atom. The third-order valence-electron chi connectivity index (χ3n) is 7.50. The van der Waals surface area contributed by atoms with Crippen molar-refractivity contribution in [1.29, 1.82) is 0 Å². The molecule has 1 aliphatic carbocycles. The first-order valence-electron chi connectivity index (χ1n) is 11.8. The van der Waals surface area contributed by atoms with E-state index in [2.05, 4.69) is 25.8 Å². The second kappa shape index (κ2) is 8.87. The summed E-state index contributed by atoms with van der Waals surface area (Å²) in [7, 11) is 2.06. The number of hydrogen-bond acceptors (Lipinski definition) is 4. The fraction of sp³-hybridized carbons (Fsp3) is 0.519. The van der Waals surface area contributed by atoms with E-state index in [1.165, 1.54) is 0 Å². The highest BCUT2D eigenvalue weighted by molar-refractivity contribution is 5.94. The summed E-state index contributed by atoms with van der Waals surface area (Å²) in [6, 6.07) is 16.9. The normalized spacial score (nSPS) is 28.3. The standard InChI is InChI=1S/C27H36N2O3/c1-20(2)18-29(25(31)21-8-5-4-6-9-21)23-12-13-27(32)19-28(3)15-14-26(27,17-23)22-10-7-11-24(30)16-22/h4-11,16,20,23,30,32H,12-15,17-19H2,1-3H3/t23-,26?,27?/m0/s1. The molecule has 3 atom stereocenters.